The van der Waals surface area contributed by atoms with E-state index in [9.17, 15) is 4.79 Å². The highest BCUT2D eigenvalue weighted by Crippen LogP contribution is 2.22. The van der Waals surface area contributed by atoms with Crippen LogP contribution in [-0.4, -0.2) is 65.8 Å². The minimum atomic E-state index is 0.0833. The molecule has 1 saturated heterocycles. The van der Waals surface area contributed by atoms with Crippen LogP contribution in [0.2, 0.25) is 0 Å². The normalized spacial score (nSPS) is 16.4. The van der Waals surface area contributed by atoms with Crippen molar-refractivity contribution in [2.75, 3.05) is 39.9 Å². The topological polar surface area (TPSA) is 61.5 Å². The van der Waals surface area contributed by atoms with Gasteiger partial charge in [-0.2, -0.15) is 5.10 Å². The van der Waals surface area contributed by atoms with E-state index in [0.717, 1.165) is 17.0 Å². The van der Waals surface area contributed by atoms with Gasteiger partial charge in [-0.25, -0.2) is 0 Å². The Morgan fingerprint density at radius 1 is 1.33 bits per heavy atom. The summed E-state index contributed by atoms with van der Waals surface area (Å²) in [6.07, 6.45) is 0. The van der Waals surface area contributed by atoms with Crippen LogP contribution < -0.4 is 0 Å². The maximum atomic E-state index is 12.4. The lowest BCUT2D eigenvalue weighted by atomic mass is 10.1. The van der Waals surface area contributed by atoms with Gasteiger partial charge in [0.1, 0.15) is 0 Å². The van der Waals surface area contributed by atoms with E-state index in [1.165, 1.54) is 0 Å². The molecule has 0 saturated carbocycles. The third-order valence-electron chi connectivity index (χ3n) is 4.53. The van der Waals surface area contributed by atoms with Crippen LogP contribution in [0, 0.1) is 0 Å². The average molecular weight is 328 g/mol. The second-order valence-corrected chi connectivity index (χ2v) is 6.16. The summed E-state index contributed by atoms with van der Waals surface area (Å²) in [5.41, 5.74) is 3.01. The number of nitrogens with zero attached hydrogens (tertiary/aromatic N) is 3. The lowest BCUT2D eigenvalue weighted by Crippen LogP contribution is -2.45. The minimum Gasteiger partial charge on any atom is -0.378 e. The van der Waals surface area contributed by atoms with Crippen molar-refractivity contribution in [3.05, 3.63) is 42.1 Å². The fourth-order valence-corrected chi connectivity index (χ4v) is 2.81. The number of hydrogen-bond donors (Lipinski definition) is 1. The Kier molecular flexibility index (Phi) is 5.27. The molecule has 6 heteroatoms. The summed E-state index contributed by atoms with van der Waals surface area (Å²) in [6, 6.07) is 12.2. The number of carbonyl (C=O) groups excluding carboxylic acids is 1. The van der Waals surface area contributed by atoms with Crippen LogP contribution >= 0.6 is 0 Å². The first kappa shape index (κ1) is 16.7. The van der Waals surface area contributed by atoms with E-state index < -0.39 is 0 Å². The highest BCUT2D eigenvalue weighted by atomic mass is 16.5. The maximum absolute atomic E-state index is 12.4. The van der Waals surface area contributed by atoms with Crippen LogP contribution in [0.4, 0.5) is 0 Å². The number of rotatable bonds is 5. The third kappa shape index (κ3) is 3.83. The van der Waals surface area contributed by atoms with Gasteiger partial charge in [-0.1, -0.05) is 30.3 Å². The molecule has 2 heterocycles. The summed E-state index contributed by atoms with van der Waals surface area (Å²) in [4.78, 5) is 16.3. The van der Waals surface area contributed by atoms with Gasteiger partial charge in [-0.3, -0.25) is 14.8 Å². The first-order valence-electron chi connectivity index (χ1n) is 8.31. The van der Waals surface area contributed by atoms with Crippen LogP contribution in [-0.2, 0) is 9.53 Å². The Balaban J connectivity index is 1.62. The highest BCUT2D eigenvalue weighted by Gasteiger charge is 2.22. The van der Waals surface area contributed by atoms with Gasteiger partial charge >= 0.3 is 0 Å². The van der Waals surface area contributed by atoms with E-state index in [4.69, 9.17) is 4.74 Å². The molecule has 0 aliphatic carbocycles. The summed E-state index contributed by atoms with van der Waals surface area (Å²) in [5.74, 6) is 0.149. The lowest BCUT2D eigenvalue weighted by Gasteiger charge is -2.30. The van der Waals surface area contributed by atoms with Crippen LogP contribution in [0.1, 0.15) is 18.7 Å². The van der Waals surface area contributed by atoms with Gasteiger partial charge in [0.25, 0.3) is 0 Å². The molecule has 0 unspecified atom stereocenters. The molecular formula is C18H24N4O2. The predicted molar refractivity (Wildman–Crippen MR) is 92.5 cm³/mol. The molecule has 1 aromatic heterocycles. The monoisotopic (exact) mass is 328 g/mol. The number of ether oxygens (including phenoxy) is 1. The van der Waals surface area contributed by atoms with Crippen molar-refractivity contribution in [3.8, 4) is 11.3 Å². The summed E-state index contributed by atoms with van der Waals surface area (Å²) in [7, 11) is 1.96. The summed E-state index contributed by atoms with van der Waals surface area (Å²) in [6.45, 7) is 5.10. The standard InChI is InChI=1S/C18H24N4O2/c1-14(21(2)13-18(23)22-8-10-24-11-9-22)16-12-17(20-19-16)15-6-4-3-5-7-15/h3-7,12,14H,8-11,13H2,1-2H3,(H,19,20)/t14-/m0/s1. The molecule has 1 amide bonds. The van der Waals surface area contributed by atoms with Gasteiger partial charge < -0.3 is 9.64 Å². The minimum absolute atomic E-state index is 0.0833. The number of nitrogens with one attached hydrogen (secondary N) is 1. The zero-order valence-electron chi connectivity index (χ0n) is 14.2. The maximum Gasteiger partial charge on any atom is 0.236 e. The average Bonchev–Trinajstić information content (AvgIpc) is 3.12. The third-order valence-corrected chi connectivity index (χ3v) is 4.53. The van der Waals surface area contributed by atoms with Crippen LogP contribution in [0.15, 0.2) is 36.4 Å². The summed E-state index contributed by atoms with van der Waals surface area (Å²) >= 11 is 0. The zero-order valence-corrected chi connectivity index (χ0v) is 14.2. The van der Waals surface area contributed by atoms with E-state index >= 15 is 0 Å². The van der Waals surface area contributed by atoms with Crippen molar-refractivity contribution >= 4 is 5.91 Å². The summed E-state index contributed by atoms with van der Waals surface area (Å²) < 4.78 is 5.30. The number of hydrogen-bond acceptors (Lipinski definition) is 4. The van der Waals surface area contributed by atoms with Gasteiger partial charge in [0, 0.05) is 24.7 Å². The van der Waals surface area contributed by atoms with Crippen molar-refractivity contribution in [1.29, 1.82) is 0 Å². The van der Waals surface area contributed by atoms with E-state index in [0.29, 0.717) is 32.8 Å². The fraction of sp³-hybridized carbons (Fsp3) is 0.444. The molecule has 0 radical (unpaired) electrons. The Labute approximate surface area is 142 Å². The van der Waals surface area contributed by atoms with Crippen molar-refractivity contribution in [2.45, 2.75) is 13.0 Å². The van der Waals surface area contributed by atoms with Crippen LogP contribution in [0.25, 0.3) is 11.3 Å². The molecule has 3 rings (SSSR count). The molecule has 1 aliphatic heterocycles. The number of carbonyl (C=O) groups is 1. The zero-order chi connectivity index (χ0) is 16.9. The Morgan fingerprint density at radius 2 is 2.04 bits per heavy atom. The number of benzene rings is 1. The van der Waals surface area contributed by atoms with Crippen molar-refractivity contribution in [3.63, 3.8) is 0 Å². The molecule has 128 valence electrons. The molecule has 1 fully saturated rings. The van der Waals surface area contributed by atoms with Crippen molar-refractivity contribution < 1.29 is 9.53 Å². The van der Waals surface area contributed by atoms with Crippen LogP contribution in [0.5, 0.6) is 0 Å². The molecule has 1 aromatic carbocycles. The van der Waals surface area contributed by atoms with Gasteiger partial charge in [0.2, 0.25) is 5.91 Å². The molecule has 1 atom stereocenters. The highest BCUT2D eigenvalue weighted by molar-refractivity contribution is 5.78. The Morgan fingerprint density at radius 3 is 2.75 bits per heavy atom. The van der Waals surface area contributed by atoms with E-state index in [2.05, 4.69) is 23.2 Å². The molecule has 2 aromatic rings. The summed E-state index contributed by atoms with van der Waals surface area (Å²) in [5, 5.41) is 7.50. The Hall–Kier alpha value is -2.18. The molecule has 1 aliphatic rings. The first-order valence-corrected chi connectivity index (χ1v) is 8.31. The fourth-order valence-electron chi connectivity index (χ4n) is 2.81. The quantitative estimate of drug-likeness (QED) is 0.911. The molecule has 24 heavy (non-hydrogen) atoms. The number of H-pyrrole nitrogens is 1. The van der Waals surface area contributed by atoms with Crippen LogP contribution in [0.3, 0.4) is 0 Å². The second-order valence-electron chi connectivity index (χ2n) is 6.16. The number of aromatic nitrogens is 2. The number of morpholine rings is 1. The molecule has 0 spiro atoms. The second kappa shape index (κ2) is 7.59. The Bertz CT molecular complexity index is 665. The van der Waals surface area contributed by atoms with Crippen molar-refractivity contribution in [1.82, 2.24) is 20.0 Å². The van der Waals surface area contributed by atoms with E-state index in [1.807, 2.05) is 47.2 Å². The number of aromatic amines is 1. The first-order chi connectivity index (χ1) is 11.6. The molecule has 6 nitrogen and oxygen atoms in total. The van der Waals surface area contributed by atoms with E-state index in [-0.39, 0.29) is 11.9 Å². The molecule has 1 N–H and O–H groups in total. The smallest absolute Gasteiger partial charge is 0.236 e. The largest absolute Gasteiger partial charge is 0.378 e. The number of amides is 1. The van der Waals surface area contributed by atoms with E-state index in [1.54, 1.807) is 0 Å². The number of likely N-dealkylation sites (N-methyl/N-ethyl adjacent to an activating group) is 1. The SMILES string of the molecule is C[C@@H](c1cc(-c2ccccc2)n[nH]1)N(C)CC(=O)N1CCOCC1. The van der Waals surface area contributed by atoms with Gasteiger partial charge in [-0.05, 0) is 20.0 Å². The van der Waals surface area contributed by atoms with Crippen molar-refractivity contribution in [2.24, 2.45) is 0 Å². The lowest BCUT2D eigenvalue weighted by molar-refractivity contribution is -0.136. The van der Waals surface area contributed by atoms with Gasteiger partial charge in [0.15, 0.2) is 0 Å². The molecule has 0 bridgehead atoms. The molecular weight excluding hydrogens is 304 g/mol. The van der Waals surface area contributed by atoms with Gasteiger partial charge in [-0.15, -0.1) is 0 Å². The van der Waals surface area contributed by atoms with Gasteiger partial charge in [0.05, 0.1) is 31.1 Å². The predicted octanol–water partition coefficient (Wildman–Crippen LogP) is 1.93.